The molecule has 0 radical (unpaired) electrons. The lowest BCUT2D eigenvalue weighted by Crippen LogP contribution is -2.25. The van der Waals surface area contributed by atoms with Crippen molar-refractivity contribution >= 4 is 11.6 Å². The fourth-order valence-electron chi connectivity index (χ4n) is 2.68. The zero-order valence-electron chi connectivity index (χ0n) is 12.3. The predicted octanol–water partition coefficient (Wildman–Crippen LogP) is 3.32. The van der Waals surface area contributed by atoms with Crippen LogP contribution in [0.2, 0.25) is 5.02 Å². The van der Waals surface area contributed by atoms with E-state index in [9.17, 15) is 0 Å². The first-order valence-electron chi connectivity index (χ1n) is 7.22. The maximum Gasteiger partial charge on any atom is 0.125 e. The second-order valence-corrected chi connectivity index (χ2v) is 5.98. The van der Waals surface area contributed by atoms with Crippen LogP contribution in [0, 0.1) is 5.92 Å². The Kier molecular flexibility index (Phi) is 4.17. The van der Waals surface area contributed by atoms with Gasteiger partial charge in [-0.15, -0.1) is 0 Å². The Balaban J connectivity index is 1.76. The van der Waals surface area contributed by atoms with Gasteiger partial charge >= 0.3 is 0 Å². The van der Waals surface area contributed by atoms with E-state index in [-0.39, 0.29) is 6.04 Å². The molecule has 1 aliphatic carbocycles. The number of hydrogen-bond donors (Lipinski definition) is 1. The lowest BCUT2D eigenvalue weighted by atomic mass is 10.1. The Hall–Kier alpha value is -1.52. The Morgan fingerprint density at radius 1 is 1.48 bits per heavy atom. The fourth-order valence-corrected chi connectivity index (χ4v) is 2.88. The average Bonchev–Trinajstić information content (AvgIpc) is 3.22. The highest BCUT2D eigenvalue weighted by molar-refractivity contribution is 6.30. The van der Waals surface area contributed by atoms with Crippen LogP contribution in [0.3, 0.4) is 0 Å². The molecule has 1 fully saturated rings. The minimum Gasteiger partial charge on any atom is -0.496 e. The summed E-state index contributed by atoms with van der Waals surface area (Å²) in [5.41, 5.74) is 1.07. The van der Waals surface area contributed by atoms with Crippen LogP contribution < -0.4 is 10.1 Å². The third-order valence-corrected chi connectivity index (χ3v) is 4.22. The molecule has 1 N–H and O–H groups in total. The zero-order valence-corrected chi connectivity index (χ0v) is 13.1. The highest BCUT2D eigenvalue weighted by atomic mass is 35.5. The molecule has 4 nitrogen and oxygen atoms in total. The summed E-state index contributed by atoms with van der Waals surface area (Å²) in [7, 11) is 3.73. The van der Waals surface area contributed by atoms with Crippen molar-refractivity contribution in [3.05, 3.63) is 47.0 Å². The number of ether oxygens (including phenoxy) is 1. The van der Waals surface area contributed by atoms with Crippen LogP contribution in [0.15, 0.2) is 30.6 Å². The Labute approximate surface area is 130 Å². The van der Waals surface area contributed by atoms with Crippen LogP contribution in [0.4, 0.5) is 0 Å². The van der Waals surface area contributed by atoms with Gasteiger partial charge in [-0.25, -0.2) is 4.98 Å². The summed E-state index contributed by atoms with van der Waals surface area (Å²) < 4.78 is 7.49. The molecule has 1 saturated carbocycles. The predicted molar refractivity (Wildman–Crippen MR) is 83.5 cm³/mol. The molecule has 0 saturated heterocycles. The van der Waals surface area contributed by atoms with Gasteiger partial charge in [-0.1, -0.05) is 11.6 Å². The van der Waals surface area contributed by atoms with Gasteiger partial charge in [0.1, 0.15) is 11.6 Å². The first-order chi connectivity index (χ1) is 10.2. The van der Waals surface area contributed by atoms with Gasteiger partial charge in [0.15, 0.2) is 0 Å². The summed E-state index contributed by atoms with van der Waals surface area (Å²) in [5.74, 6) is 2.64. The van der Waals surface area contributed by atoms with Gasteiger partial charge in [-0.3, -0.25) is 0 Å². The molecule has 21 heavy (non-hydrogen) atoms. The van der Waals surface area contributed by atoms with E-state index < -0.39 is 0 Å². The monoisotopic (exact) mass is 305 g/mol. The van der Waals surface area contributed by atoms with Crippen LogP contribution in [0.25, 0.3) is 0 Å². The van der Waals surface area contributed by atoms with E-state index in [0.29, 0.717) is 5.92 Å². The van der Waals surface area contributed by atoms with Crippen molar-refractivity contribution in [2.45, 2.75) is 25.4 Å². The molecule has 0 spiro atoms. The topological polar surface area (TPSA) is 39.1 Å². The van der Waals surface area contributed by atoms with Gasteiger partial charge in [0.2, 0.25) is 0 Å². The first-order valence-corrected chi connectivity index (χ1v) is 7.60. The average molecular weight is 306 g/mol. The number of methoxy groups -OCH3 is 1. The van der Waals surface area contributed by atoms with Gasteiger partial charge in [-0.05, 0) is 37.0 Å². The summed E-state index contributed by atoms with van der Waals surface area (Å²) in [4.78, 5) is 4.49. The molecule has 5 heteroatoms. The third kappa shape index (κ3) is 3.22. The second-order valence-electron chi connectivity index (χ2n) is 5.55. The van der Waals surface area contributed by atoms with Crippen molar-refractivity contribution in [1.82, 2.24) is 14.9 Å². The highest BCUT2D eigenvalue weighted by Gasteiger charge is 2.34. The summed E-state index contributed by atoms with van der Waals surface area (Å²) in [6.45, 7) is 0.720. The number of aromatic nitrogens is 2. The third-order valence-electron chi connectivity index (χ3n) is 3.98. The SMILES string of the molecule is COc1ccc(Cl)cc1CNC(c1nccn1C)C1CC1. The van der Waals surface area contributed by atoms with Crippen LogP contribution in [-0.4, -0.2) is 16.7 Å². The zero-order chi connectivity index (χ0) is 14.8. The normalized spacial score (nSPS) is 16.0. The number of benzene rings is 1. The summed E-state index contributed by atoms with van der Waals surface area (Å²) in [5, 5.41) is 4.35. The molecule has 112 valence electrons. The molecule has 1 aromatic carbocycles. The van der Waals surface area contributed by atoms with Crippen molar-refractivity contribution in [3.63, 3.8) is 0 Å². The number of nitrogens with one attached hydrogen (secondary N) is 1. The molecule has 1 aromatic heterocycles. The van der Waals surface area contributed by atoms with Crippen molar-refractivity contribution in [3.8, 4) is 5.75 Å². The van der Waals surface area contributed by atoms with E-state index in [4.69, 9.17) is 16.3 Å². The lowest BCUT2D eigenvalue weighted by molar-refractivity contribution is 0.399. The lowest BCUT2D eigenvalue weighted by Gasteiger charge is -2.19. The fraction of sp³-hybridized carbons (Fsp3) is 0.438. The second kappa shape index (κ2) is 6.08. The molecule has 0 amide bonds. The molecule has 0 aliphatic heterocycles. The van der Waals surface area contributed by atoms with E-state index in [1.54, 1.807) is 7.11 Å². The van der Waals surface area contributed by atoms with Gasteiger partial charge in [0, 0.05) is 36.6 Å². The van der Waals surface area contributed by atoms with E-state index in [1.165, 1.54) is 12.8 Å². The molecule has 1 atom stereocenters. The number of aryl methyl sites for hydroxylation is 1. The minimum atomic E-state index is 0.286. The Morgan fingerprint density at radius 2 is 2.29 bits per heavy atom. The smallest absolute Gasteiger partial charge is 0.125 e. The summed E-state index contributed by atoms with van der Waals surface area (Å²) >= 11 is 6.09. The number of hydrogen-bond acceptors (Lipinski definition) is 3. The van der Waals surface area contributed by atoms with E-state index in [2.05, 4.69) is 14.9 Å². The van der Waals surface area contributed by atoms with Gasteiger partial charge in [-0.2, -0.15) is 0 Å². The number of nitrogens with zero attached hydrogens (tertiary/aromatic N) is 2. The van der Waals surface area contributed by atoms with Crippen LogP contribution in [-0.2, 0) is 13.6 Å². The van der Waals surface area contributed by atoms with Crippen LogP contribution >= 0.6 is 11.6 Å². The molecule has 1 aliphatic rings. The molecule has 1 heterocycles. The van der Waals surface area contributed by atoms with Gasteiger partial charge in [0.25, 0.3) is 0 Å². The van der Waals surface area contributed by atoms with E-state index in [1.807, 2.05) is 37.6 Å². The van der Waals surface area contributed by atoms with Gasteiger partial charge in [0.05, 0.1) is 13.2 Å². The van der Waals surface area contributed by atoms with Crippen molar-refractivity contribution in [1.29, 1.82) is 0 Å². The van der Waals surface area contributed by atoms with Crippen molar-refractivity contribution < 1.29 is 4.74 Å². The number of rotatable bonds is 6. The molecular weight excluding hydrogens is 286 g/mol. The standard InChI is InChI=1S/C16H20ClN3O/c1-20-8-7-18-16(20)15(11-3-4-11)19-10-12-9-13(17)5-6-14(12)21-2/h5-9,11,15,19H,3-4,10H2,1-2H3. The molecule has 3 rings (SSSR count). The summed E-state index contributed by atoms with van der Waals surface area (Å²) in [6.07, 6.45) is 6.37. The minimum absolute atomic E-state index is 0.286. The van der Waals surface area contributed by atoms with E-state index in [0.717, 1.165) is 28.7 Å². The largest absolute Gasteiger partial charge is 0.496 e. The highest BCUT2D eigenvalue weighted by Crippen LogP contribution is 2.40. The molecule has 0 bridgehead atoms. The molecule has 2 aromatic rings. The van der Waals surface area contributed by atoms with Crippen molar-refractivity contribution in [2.75, 3.05) is 7.11 Å². The van der Waals surface area contributed by atoms with Gasteiger partial charge < -0.3 is 14.6 Å². The quantitative estimate of drug-likeness (QED) is 0.890. The maximum absolute atomic E-state index is 6.09. The molecule has 1 unspecified atom stereocenters. The Morgan fingerprint density at radius 3 is 2.90 bits per heavy atom. The maximum atomic E-state index is 6.09. The Bertz CT molecular complexity index is 622. The van der Waals surface area contributed by atoms with E-state index >= 15 is 0 Å². The molecular formula is C16H20ClN3O. The number of halogens is 1. The summed E-state index contributed by atoms with van der Waals surface area (Å²) in [6, 6.07) is 6.00. The number of imidazole rings is 1. The first kappa shape index (κ1) is 14.4. The van der Waals surface area contributed by atoms with Crippen LogP contribution in [0.1, 0.15) is 30.3 Å². The van der Waals surface area contributed by atoms with Crippen molar-refractivity contribution in [2.24, 2.45) is 13.0 Å². The van der Waals surface area contributed by atoms with Crippen LogP contribution in [0.5, 0.6) is 5.75 Å².